The lowest BCUT2D eigenvalue weighted by Gasteiger charge is -2.13. The topological polar surface area (TPSA) is 88.2 Å². The van der Waals surface area contributed by atoms with Crippen LogP contribution >= 0.6 is 0 Å². The first-order valence-corrected chi connectivity index (χ1v) is 9.75. The summed E-state index contributed by atoms with van der Waals surface area (Å²) in [5.41, 5.74) is 2.86. The van der Waals surface area contributed by atoms with Crippen molar-refractivity contribution in [1.82, 2.24) is 4.98 Å². The second-order valence-electron chi connectivity index (χ2n) is 6.09. The normalized spacial score (nSPS) is 11.0. The van der Waals surface area contributed by atoms with Gasteiger partial charge < -0.3 is 5.32 Å². The Kier molecular flexibility index (Phi) is 5.23. The van der Waals surface area contributed by atoms with E-state index in [9.17, 15) is 13.2 Å². The number of aromatic nitrogens is 1. The van der Waals surface area contributed by atoms with Gasteiger partial charge in [-0.05, 0) is 55.3 Å². The zero-order valence-electron chi connectivity index (χ0n) is 14.9. The highest BCUT2D eigenvalue weighted by Crippen LogP contribution is 2.22. The van der Waals surface area contributed by atoms with E-state index in [0.717, 1.165) is 5.56 Å². The highest BCUT2D eigenvalue weighted by Gasteiger charge is 2.19. The Morgan fingerprint density at radius 3 is 2.33 bits per heavy atom. The standard InChI is InChI=1S/C20H19N3O3S/c1-14-7-8-17(27(25,26)23-19-6-4-3-5-15(19)2)13-18(14)20(24)22-16-9-11-21-12-10-16/h3-13,23H,1-2H3,(H,21,22,24). The number of carbonyl (C=O) groups excluding carboxylic acids is 1. The lowest BCUT2D eigenvalue weighted by Crippen LogP contribution is -2.17. The van der Waals surface area contributed by atoms with Crippen LogP contribution < -0.4 is 10.0 Å². The minimum Gasteiger partial charge on any atom is -0.322 e. The number of hydrogen-bond donors (Lipinski definition) is 2. The number of rotatable bonds is 5. The molecule has 0 aliphatic rings. The maximum absolute atomic E-state index is 12.7. The van der Waals surface area contributed by atoms with Crippen molar-refractivity contribution in [3.63, 3.8) is 0 Å². The molecule has 0 atom stereocenters. The van der Waals surface area contributed by atoms with Crippen LogP contribution in [0.25, 0.3) is 0 Å². The summed E-state index contributed by atoms with van der Waals surface area (Å²) in [5, 5.41) is 2.74. The summed E-state index contributed by atoms with van der Waals surface area (Å²) in [5.74, 6) is -0.383. The van der Waals surface area contributed by atoms with Crippen LogP contribution in [0.4, 0.5) is 11.4 Å². The van der Waals surface area contributed by atoms with Gasteiger partial charge in [0.15, 0.2) is 0 Å². The van der Waals surface area contributed by atoms with Gasteiger partial charge in [-0.15, -0.1) is 0 Å². The molecule has 1 aromatic heterocycles. The number of nitrogens with one attached hydrogen (secondary N) is 2. The van der Waals surface area contributed by atoms with E-state index in [0.29, 0.717) is 22.5 Å². The molecule has 0 aliphatic heterocycles. The number of anilines is 2. The van der Waals surface area contributed by atoms with E-state index in [1.807, 2.05) is 19.1 Å². The minimum absolute atomic E-state index is 0.0243. The van der Waals surface area contributed by atoms with E-state index < -0.39 is 10.0 Å². The molecule has 0 fully saturated rings. The third kappa shape index (κ3) is 4.32. The molecule has 0 saturated heterocycles. The van der Waals surface area contributed by atoms with Crippen molar-refractivity contribution in [2.75, 3.05) is 10.0 Å². The summed E-state index contributed by atoms with van der Waals surface area (Å²) >= 11 is 0. The lowest BCUT2D eigenvalue weighted by molar-refractivity contribution is 0.102. The fraction of sp³-hybridized carbons (Fsp3) is 0.100. The predicted octanol–water partition coefficient (Wildman–Crippen LogP) is 3.75. The first kappa shape index (κ1) is 18.6. The van der Waals surface area contributed by atoms with Gasteiger partial charge in [-0.1, -0.05) is 24.3 Å². The Bertz CT molecular complexity index is 1080. The summed E-state index contributed by atoms with van der Waals surface area (Å²) in [6, 6.07) is 14.9. The van der Waals surface area contributed by atoms with E-state index in [2.05, 4.69) is 15.0 Å². The van der Waals surface area contributed by atoms with E-state index in [1.54, 1.807) is 49.6 Å². The highest BCUT2D eigenvalue weighted by atomic mass is 32.2. The molecule has 7 heteroatoms. The van der Waals surface area contributed by atoms with E-state index in [-0.39, 0.29) is 10.8 Å². The van der Waals surface area contributed by atoms with Crippen LogP contribution in [0.1, 0.15) is 21.5 Å². The van der Waals surface area contributed by atoms with Gasteiger partial charge >= 0.3 is 0 Å². The molecule has 3 rings (SSSR count). The Hall–Kier alpha value is -3.19. The summed E-state index contributed by atoms with van der Waals surface area (Å²) in [6.07, 6.45) is 3.13. The molecule has 0 saturated carbocycles. The van der Waals surface area contributed by atoms with E-state index in [4.69, 9.17) is 0 Å². The Labute approximate surface area is 158 Å². The molecule has 1 amide bonds. The molecule has 0 aliphatic carbocycles. The molecule has 2 aromatic carbocycles. The second kappa shape index (κ2) is 7.59. The molecule has 0 radical (unpaired) electrons. The SMILES string of the molecule is Cc1ccccc1NS(=O)(=O)c1ccc(C)c(C(=O)Nc2ccncc2)c1. The van der Waals surface area contributed by atoms with Crippen LogP contribution in [-0.2, 0) is 10.0 Å². The van der Waals surface area contributed by atoms with Crippen LogP contribution in [0.15, 0.2) is 71.9 Å². The number of benzene rings is 2. The Balaban J connectivity index is 1.90. The molecule has 6 nitrogen and oxygen atoms in total. The predicted molar refractivity (Wildman–Crippen MR) is 105 cm³/mol. The Morgan fingerprint density at radius 1 is 0.926 bits per heavy atom. The van der Waals surface area contributed by atoms with Gasteiger partial charge in [-0.2, -0.15) is 0 Å². The zero-order valence-corrected chi connectivity index (χ0v) is 15.7. The van der Waals surface area contributed by atoms with Crippen molar-refractivity contribution < 1.29 is 13.2 Å². The van der Waals surface area contributed by atoms with Crippen LogP contribution in [0, 0.1) is 13.8 Å². The number of nitrogens with zero attached hydrogens (tertiary/aromatic N) is 1. The van der Waals surface area contributed by atoms with E-state index in [1.165, 1.54) is 12.1 Å². The van der Waals surface area contributed by atoms with Crippen molar-refractivity contribution in [1.29, 1.82) is 0 Å². The maximum Gasteiger partial charge on any atom is 0.261 e. The average molecular weight is 381 g/mol. The highest BCUT2D eigenvalue weighted by molar-refractivity contribution is 7.92. The third-order valence-corrected chi connectivity index (χ3v) is 5.45. The number of pyridine rings is 1. The molecule has 1 heterocycles. The van der Waals surface area contributed by atoms with Gasteiger partial charge in [0.1, 0.15) is 0 Å². The van der Waals surface area contributed by atoms with Gasteiger partial charge in [0.2, 0.25) is 0 Å². The summed E-state index contributed by atoms with van der Waals surface area (Å²) in [6.45, 7) is 3.58. The van der Waals surface area contributed by atoms with Gasteiger partial charge in [-0.25, -0.2) is 8.42 Å². The molecular formula is C20H19N3O3S. The number of amides is 1. The molecule has 27 heavy (non-hydrogen) atoms. The smallest absolute Gasteiger partial charge is 0.261 e. The van der Waals surface area contributed by atoms with Crippen LogP contribution in [0.2, 0.25) is 0 Å². The molecule has 3 aromatic rings. The summed E-state index contributed by atoms with van der Waals surface area (Å²) < 4.78 is 28.1. The summed E-state index contributed by atoms with van der Waals surface area (Å²) in [4.78, 5) is 16.5. The quantitative estimate of drug-likeness (QED) is 0.704. The first-order chi connectivity index (χ1) is 12.9. The molecule has 138 valence electrons. The van der Waals surface area contributed by atoms with Gasteiger partial charge in [-0.3, -0.25) is 14.5 Å². The number of para-hydroxylation sites is 1. The van der Waals surface area contributed by atoms with Gasteiger partial charge in [0, 0.05) is 23.6 Å². The van der Waals surface area contributed by atoms with Crippen molar-refractivity contribution in [2.24, 2.45) is 0 Å². The molecule has 0 spiro atoms. The van der Waals surface area contributed by atoms with Crippen molar-refractivity contribution in [3.8, 4) is 0 Å². The van der Waals surface area contributed by atoms with Crippen LogP contribution in [-0.4, -0.2) is 19.3 Å². The number of sulfonamides is 1. The summed E-state index contributed by atoms with van der Waals surface area (Å²) in [7, 11) is -3.82. The average Bonchev–Trinajstić information content (AvgIpc) is 2.64. The molecule has 2 N–H and O–H groups in total. The number of aryl methyl sites for hydroxylation is 2. The van der Waals surface area contributed by atoms with Crippen LogP contribution in [0.3, 0.4) is 0 Å². The maximum atomic E-state index is 12.7. The fourth-order valence-electron chi connectivity index (χ4n) is 2.54. The largest absolute Gasteiger partial charge is 0.322 e. The zero-order chi connectivity index (χ0) is 19.4. The molecule has 0 bridgehead atoms. The van der Waals surface area contributed by atoms with Crippen molar-refractivity contribution >= 4 is 27.3 Å². The van der Waals surface area contributed by atoms with Gasteiger partial charge in [0.05, 0.1) is 10.6 Å². The second-order valence-corrected chi connectivity index (χ2v) is 7.77. The Morgan fingerprint density at radius 2 is 1.63 bits per heavy atom. The van der Waals surface area contributed by atoms with Crippen molar-refractivity contribution in [3.05, 3.63) is 83.7 Å². The molecular weight excluding hydrogens is 362 g/mol. The first-order valence-electron chi connectivity index (χ1n) is 8.27. The lowest BCUT2D eigenvalue weighted by atomic mass is 10.1. The van der Waals surface area contributed by atoms with Crippen molar-refractivity contribution in [2.45, 2.75) is 18.7 Å². The van der Waals surface area contributed by atoms with Crippen LogP contribution in [0.5, 0.6) is 0 Å². The minimum atomic E-state index is -3.82. The van der Waals surface area contributed by atoms with E-state index >= 15 is 0 Å². The van der Waals surface area contributed by atoms with Gasteiger partial charge in [0.25, 0.3) is 15.9 Å². The molecule has 0 unspecified atom stereocenters. The number of carbonyl (C=O) groups is 1. The monoisotopic (exact) mass is 381 g/mol. The number of hydrogen-bond acceptors (Lipinski definition) is 4. The fourth-order valence-corrected chi connectivity index (χ4v) is 3.69. The third-order valence-electron chi connectivity index (χ3n) is 4.09.